The SMILES string of the molecule is CCOCCNC(=O)c1cc(Cl)c(C)[nH]c1=O. The molecule has 0 radical (unpaired) electrons. The fourth-order valence-corrected chi connectivity index (χ4v) is 1.40. The number of aryl methyl sites for hydroxylation is 1. The van der Waals surface area contributed by atoms with E-state index in [4.69, 9.17) is 16.3 Å². The number of pyridine rings is 1. The van der Waals surface area contributed by atoms with E-state index in [1.807, 2.05) is 6.92 Å². The number of nitrogens with one attached hydrogen (secondary N) is 2. The second-order valence-corrected chi connectivity index (χ2v) is 3.85. The van der Waals surface area contributed by atoms with Crippen LogP contribution in [0.5, 0.6) is 0 Å². The van der Waals surface area contributed by atoms with Gasteiger partial charge in [-0.2, -0.15) is 0 Å². The molecule has 0 aromatic carbocycles. The normalized spacial score (nSPS) is 10.3. The number of hydrogen-bond acceptors (Lipinski definition) is 3. The van der Waals surface area contributed by atoms with E-state index in [2.05, 4.69) is 10.3 Å². The molecule has 2 N–H and O–H groups in total. The number of carbonyl (C=O) groups excluding carboxylic acids is 1. The minimum absolute atomic E-state index is 0.0112. The molecule has 1 aromatic rings. The minimum Gasteiger partial charge on any atom is -0.380 e. The highest BCUT2D eigenvalue weighted by Gasteiger charge is 2.11. The van der Waals surface area contributed by atoms with Crippen LogP contribution in [-0.2, 0) is 4.74 Å². The van der Waals surface area contributed by atoms with Crippen LogP contribution < -0.4 is 10.9 Å². The first-order valence-electron chi connectivity index (χ1n) is 5.31. The molecule has 0 saturated heterocycles. The summed E-state index contributed by atoms with van der Waals surface area (Å²) in [6, 6.07) is 1.37. The van der Waals surface area contributed by atoms with Gasteiger partial charge >= 0.3 is 0 Å². The third kappa shape index (κ3) is 3.87. The number of aromatic nitrogens is 1. The van der Waals surface area contributed by atoms with Gasteiger partial charge in [-0.05, 0) is 19.9 Å². The molecule has 0 spiro atoms. The van der Waals surface area contributed by atoms with Gasteiger partial charge in [0.05, 0.1) is 11.6 Å². The summed E-state index contributed by atoms with van der Waals surface area (Å²) in [7, 11) is 0. The molecule has 1 amide bonds. The van der Waals surface area contributed by atoms with E-state index in [1.165, 1.54) is 6.07 Å². The Morgan fingerprint density at radius 1 is 1.59 bits per heavy atom. The molecule has 1 aromatic heterocycles. The first kappa shape index (κ1) is 13.7. The van der Waals surface area contributed by atoms with E-state index in [1.54, 1.807) is 6.92 Å². The smallest absolute Gasteiger partial charge is 0.261 e. The molecular weight excluding hydrogens is 244 g/mol. The molecule has 5 nitrogen and oxygen atoms in total. The summed E-state index contributed by atoms with van der Waals surface area (Å²) in [4.78, 5) is 25.7. The number of rotatable bonds is 5. The van der Waals surface area contributed by atoms with Gasteiger partial charge < -0.3 is 15.0 Å². The van der Waals surface area contributed by atoms with E-state index < -0.39 is 11.5 Å². The Hall–Kier alpha value is -1.33. The lowest BCUT2D eigenvalue weighted by Crippen LogP contribution is -2.32. The van der Waals surface area contributed by atoms with Crippen LogP contribution in [0.3, 0.4) is 0 Å². The predicted molar refractivity (Wildman–Crippen MR) is 65.6 cm³/mol. The second kappa shape index (κ2) is 6.42. The quantitative estimate of drug-likeness (QED) is 0.777. The number of carbonyl (C=O) groups is 1. The predicted octanol–water partition coefficient (Wildman–Crippen LogP) is 1.10. The van der Waals surface area contributed by atoms with Gasteiger partial charge in [0.1, 0.15) is 5.56 Å². The Labute approximate surface area is 104 Å². The number of ether oxygens (including phenoxy) is 1. The summed E-state index contributed by atoms with van der Waals surface area (Å²) in [6.45, 7) is 4.90. The van der Waals surface area contributed by atoms with Crippen LogP contribution in [0, 0.1) is 6.92 Å². The number of hydrogen-bond donors (Lipinski definition) is 2. The maximum Gasteiger partial charge on any atom is 0.261 e. The van der Waals surface area contributed by atoms with Gasteiger partial charge in [-0.15, -0.1) is 0 Å². The zero-order chi connectivity index (χ0) is 12.8. The Morgan fingerprint density at radius 3 is 2.94 bits per heavy atom. The Bertz CT molecular complexity index is 457. The number of halogens is 1. The van der Waals surface area contributed by atoms with Gasteiger partial charge in [-0.25, -0.2) is 0 Å². The van der Waals surface area contributed by atoms with Crippen molar-refractivity contribution >= 4 is 17.5 Å². The molecular formula is C11H15ClN2O3. The average molecular weight is 259 g/mol. The van der Waals surface area contributed by atoms with E-state index in [-0.39, 0.29) is 5.56 Å². The van der Waals surface area contributed by atoms with Crippen molar-refractivity contribution in [3.05, 3.63) is 32.7 Å². The largest absolute Gasteiger partial charge is 0.380 e. The van der Waals surface area contributed by atoms with Crippen LogP contribution in [0.15, 0.2) is 10.9 Å². The van der Waals surface area contributed by atoms with Crippen molar-refractivity contribution in [2.45, 2.75) is 13.8 Å². The minimum atomic E-state index is -0.451. The molecule has 6 heteroatoms. The lowest BCUT2D eigenvalue weighted by molar-refractivity contribution is 0.0921. The summed E-state index contributed by atoms with van der Waals surface area (Å²) in [5, 5.41) is 2.94. The molecule has 1 rings (SSSR count). The summed E-state index contributed by atoms with van der Waals surface area (Å²) < 4.78 is 5.07. The highest BCUT2D eigenvalue weighted by molar-refractivity contribution is 6.31. The van der Waals surface area contributed by atoms with E-state index in [0.29, 0.717) is 30.5 Å². The molecule has 0 aliphatic rings. The van der Waals surface area contributed by atoms with E-state index in [9.17, 15) is 9.59 Å². The summed E-state index contributed by atoms with van der Waals surface area (Å²) in [5.41, 5.74) is 0.112. The maximum absolute atomic E-state index is 11.6. The van der Waals surface area contributed by atoms with Crippen LogP contribution in [-0.4, -0.2) is 30.6 Å². The molecule has 0 atom stereocenters. The highest BCUT2D eigenvalue weighted by Crippen LogP contribution is 2.11. The first-order chi connectivity index (χ1) is 8.06. The number of H-pyrrole nitrogens is 1. The van der Waals surface area contributed by atoms with Gasteiger partial charge in [0.25, 0.3) is 11.5 Å². The molecule has 17 heavy (non-hydrogen) atoms. The van der Waals surface area contributed by atoms with Crippen molar-refractivity contribution in [3.8, 4) is 0 Å². The van der Waals surface area contributed by atoms with Gasteiger partial charge in [0.15, 0.2) is 0 Å². The van der Waals surface area contributed by atoms with E-state index >= 15 is 0 Å². The van der Waals surface area contributed by atoms with Gasteiger partial charge in [-0.1, -0.05) is 11.6 Å². The summed E-state index contributed by atoms with van der Waals surface area (Å²) in [6.07, 6.45) is 0. The Kier molecular flexibility index (Phi) is 5.18. The molecule has 94 valence electrons. The number of amides is 1. The average Bonchev–Trinajstić information content (AvgIpc) is 2.29. The van der Waals surface area contributed by atoms with Crippen molar-refractivity contribution < 1.29 is 9.53 Å². The van der Waals surface area contributed by atoms with Crippen LogP contribution in [0.25, 0.3) is 0 Å². The van der Waals surface area contributed by atoms with Gasteiger partial charge in [0.2, 0.25) is 0 Å². The van der Waals surface area contributed by atoms with Crippen molar-refractivity contribution in [2.24, 2.45) is 0 Å². The molecule has 0 fully saturated rings. The van der Waals surface area contributed by atoms with Gasteiger partial charge in [0, 0.05) is 18.8 Å². The third-order valence-electron chi connectivity index (χ3n) is 2.16. The standard InChI is InChI=1S/C11H15ClN2O3/c1-3-17-5-4-13-10(15)8-6-9(12)7(2)14-11(8)16/h6H,3-5H2,1-2H3,(H,13,15)(H,14,16). The van der Waals surface area contributed by atoms with Crippen LogP contribution in [0.1, 0.15) is 23.0 Å². The Morgan fingerprint density at radius 2 is 2.29 bits per heavy atom. The first-order valence-corrected chi connectivity index (χ1v) is 5.69. The topological polar surface area (TPSA) is 71.2 Å². The summed E-state index contributed by atoms with van der Waals surface area (Å²) in [5.74, 6) is -0.451. The number of aromatic amines is 1. The fourth-order valence-electron chi connectivity index (χ4n) is 1.24. The van der Waals surface area contributed by atoms with Crippen molar-refractivity contribution in [3.63, 3.8) is 0 Å². The van der Waals surface area contributed by atoms with E-state index in [0.717, 1.165) is 0 Å². The van der Waals surface area contributed by atoms with Crippen LogP contribution >= 0.6 is 11.6 Å². The molecule has 0 unspecified atom stereocenters. The lowest BCUT2D eigenvalue weighted by Gasteiger charge is -2.05. The molecule has 0 aliphatic carbocycles. The Balaban J connectivity index is 2.69. The monoisotopic (exact) mass is 258 g/mol. The molecule has 0 saturated carbocycles. The summed E-state index contributed by atoms with van der Waals surface area (Å²) >= 11 is 5.84. The zero-order valence-corrected chi connectivity index (χ0v) is 10.6. The van der Waals surface area contributed by atoms with Crippen molar-refractivity contribution in [1.82, 2.24) is 10.3 Å². The molecule has 1 heterocycles. The maximum atomic E-state index is 11.6. The highest BCUT2D eigenvalue weighted by atomic mass is 35.5. The lowest BCUT2D eigenvalue weighted by atomic mass is 10.2. The van der Waals surface area contributed by atoms with Gasteiger partial charge in [-0.3, -0.25) is 9.59 Å². The van der Waals surface area contributed by atoms with Crippen molar-refractivity contribution in [2.75, 3.05) is 19.8 Å². The van der Waals surface area contributed by atoms with Crippen molar-refractivity contribution in [1.29, 1.82) is 0 Å². The second-order valence-electron chi connectivity index (χ2n) is 3.44. The third-order valence-corrected chi connectivity index (χ3v) is 2.55. The zero-order valence-electron chi connectivity index (χ0n) is 9.80. The molecule has 0 bridgehead atoms. The van der Waals surface area contributed by atoms with Crippen LogP contribution in [0.4, 0.5) is 0 Å². The molecule has 0 aliphatic heterocycles. The van der Waals surface area contributed by atoms with Crippen LogP contribution in [0.2, 0.25) is 5.02 Å². The fraction of sp³-hybridized carbons (Fsp3) is 0.455.